The van der Waals surface area contributed by atoms with Crippen molar-refractivity contribution >= 4 is 0 Å². The van der Waals surface area contributed by atoms with Crippen LogP contribution in [0.4, 0.5) is 0 Å². The minimum absolute atomic E-state index is 0.174. The molecule has 2 saturated carbocycles. The molecule has 2 fully saturated rings. The van der Waals surface area contributed by atoms with Crippen LogP contribution in [0.2, 0.25) is 0 Å². The van der Waals surface area contributed by atoms with Crippen molar-refractivity contribution < 1.29 is 9.84 Å². The van der Waals surface area contributed by atoms with E-state index in [9.17, 15) is 0 Å². The summed E-state index contributed by atoms with van der Waals surface area (Å²) >= 11 is 0. The fraction of sp³-hybridized carbons (Fsp3) is 1.00. The molecule has 1 N–H and O–H groups in total. The summed E-state index contributed by atoms with van der Waals surface area (Å²) in [5.41, 5.74) is 0. The van der Waals surface area contributed by atoms with Gasteiger partial charge in [0.15, 0.2) is 0 Å². The van der Waals surface area contributed by atoms with Gasteiger partial charge in [-0.3, -0.25) is 0 Å². The maximum Gasteiger partial charge on any atom is 0.0701 e. The van der Waals surface area contributed by atoms with E-state index in [0.717, 1.165) is 11.8 Å². The Hall–Kier alpha value is -0.0800. The molecule has 0 spiro atoms. The normalized spacial score (nSPS) is 41.7. The van der Waals surface area contributed by atoms with E-state index in [0.29, 0.717) is 12.7 Å². The van der Waals surface area contributed by atoms with Gasteiger partial charge in [0.05, 0.1) is 19.3 Å². The molecule has 0 unspecified atom stereocenters. The fourth-order valence-electron chi connectivity index (χ4n) is 2.59. The van der Waals surface area contributed by atoms with Gasteiger partial charge in [0, 0.05) is 0 Å². The third kappa shape index (κ3) is 1.42. The number of fused-ring (bicyclic) bond motifs is 2. The fourth-order valence-corrected chi connectivity index (χ4v) is 2.59. The SMILES string of the molecule is OCCO[C@H]1C[C@H]2CC[C@H]1C2. The van der Waals surface area contributed by atoms with Crippen molar-refractivity contribution in [2.75, 3.05) is 13.2 Å². The van der Waals surface area contributed by atoms with Crippen molar-refractivity contribution in [2.45, 2.75) is 31.8 Å². The van der Waals surface area contributed by atoms with Gasteiger partial charge in [-0.15, -0.1) is 0 Å². The molecule has 2 aliphatic carbocycles. The lowest BCUT2D eigenvalue weighted by molar-refractivity contribution is -0.00143. The zero-order chi connectivity index (χ0) is 7.68. The minimum atomic E-state index is 0.174. The van der Waals surface area contributed by atoms with Crippen molar-refractivity contribution in [3.63, 3.8) is 0 Å². The Kier molecular flexibility index (Phi) is 2.14. The van der Waals surface area contributed by atoms with Gasteiger partial charge in [-0.25, -0.2) is 0 Å². The Bertz CT molecular complexity index is 136. The number of hydrogen-bond acceptors (Lipinski definition) is 2. The van der Waals surface area contributed by atoms with Crippen molar-refractivity contribution in [1.29, 1.82) is 0 Å². The van der Waals surface area contributed by atoms with Gasteiger partial charge in [0.2, 0.25) is 0 Å². The zero-order valence-corrected chi connectivity index (χ0v) is 6.83. The zero-order valence-electron chi connectivity index (χ0n) is 6.83. The first-order chi connectivity index (χ1) is 5.40. The topological polar surface area (TPSA) is 29.5 Å². The molecule has 11 heavy (non-hydrogen) atoms. The highest BCUT2D eigenvalue weighted by atomic mass is 16.5. The molecule has 0 aromatic rings. The van der Waals surface area contributed by atoms with E-state index in [2.05, 4.69) is 0 Å². The van der Waals surface area contributed by atoms with Gasteiger partial charge in [0.25, 0.3) is 0 Å². The van der Waals surface area contributed by atoms with Crippen molar-refractivity contribution in [1.82, 2.24) is 0 Å². The molecule has 2 heteroatoms. The van der Waals surface area contributed by atoms with Crippen LogP contribution < -0.4 is 0 Å². The summed E-state index contributed by atoms with van der Waals surface area (Å²) in [6.07, 6.45) is 5.91. The first-order valence-corrected chi connectivity index (χ1v) is 4.62. The van der Waals surface area contributed by atoms with E-state index < -0.39 is 0 Å². The van der Waals surface area contributed by atoms with Crippen LogP contribution in [0.5, 0.6) is 0 Å². The van der Waals surface area contributed by atoms with Crippen LogP contribution in [0, 0.1) is 11.8 Å². The summed E-state index contributed by atoms with van der Waals surface area (Å²) in [6.45, 7) is 0.710. The van der Waals surface area contributed by atoms with E-state index in [1.54, 1.807) is 0 Å². The van der Waals surface area contributed by atoms with E-state index >= 15 is 0 Å². The standard InChI is InChI=1S/C9H16O2/c10-3-4-11-9-6-7-1-2-8(9)5-7/h7-10H,1-6H2/t7-,8-,9-/m0/s1. The molecule has 0 amide bonds. The maximum atomic E-state index is 8.57. The van der Waals surface area contributed by atoms with Crippen molar-refractivity contribution in [2.24, 2.45) is 11.8 Å². The summed E-state index contributed by atoms with van der Waals surface area (Å²) in [4.78, 5) is 0. The quantitative estimate of drug-likeness (QED) is 0.665. The van der Waals surface area contributed by atoms with Crippen LogP contribution in [0.3, 0.4) is 0 Å². The number of aliphatic hydroxyl groups is 1. The average molecular weight is 156 g/mol. The Balaban J connectivity index is 1.78. The van der Waals surface area contributed by atoms with Crippen molar-refractivity contribution in [3.05, 3.63) is 0 Å². The molecule has 2 aliphatic rings. The molecule has 0 aliphatic heterocycles. The third-order valence-corrected chi connectivity index (χ3v) is 3.10. The monoisotopic (exact) mass is 156 g/mol. The first-order valence-electron chi connectivity index (χ1n) is 4.62. The molecule has 0 radical (unpaired) electrons. The molecule has 0 aromatic heterocycles. The lowest BCUT2D eigenvalue weighted by Gasteiger charge is -2.21. The summed E-state index contributed by atoms with van der Waals surface area (Å²) in [7, 11) is 0. The molecular formula is C9H16O2. The highest BCUT2D eigenvalue weighted by Gasteiger charge is 2.39. The lowest BCUT2D eigenvalue weighted by Crippen LogP contribution is -2.21. The van der Waals surface area contributed by atoms with Gasteiger partial charge in [-0.1, -0.05) is 0 Å². The molecule has 0 heterocycles. The van der Waals surface area contributed by atoms with Crippen LogP contribution in [0.25, 0.3) is 0 Å². The summed E-state index contributed by atoms with van der Waals surface area (Å²) in [6, 6.07) is 0. The van der Waals surface area contributed by atoms with Crippen LogP contribution in [0.15, 0.2) is 0 Å². The first kappa shape index (κ1) is 7.56. The van der Waals surface area contributed by atoms with Gasteiger partial charge in [-0.2, -0.15) is 0 Å². The minimum Gasteiger partial charge on any atom is -0.394 e. The lowest BCUT2D eigenvalue weighted by atomic mass is 9.98. The summed E-state index contributed by atoms with van der Waals surface area (Å²) in [5, 5.41) is 8.57. The molecule has 0 saturated heterocycles. The Morgan fingerprint density at radius 2 is 2.18 bits per heavy atom. The van der Waals surface area contributed by atoms with Crippen LogP contribution >= 0.6 is 0 Å². The second-order valence-electron chi connectivity index (χ2n) is 3.81. The molecule has 0 aromatic carbocycles. The van der Waals surface area contributed by atoms with Gasteiger partial charge in [-0.05, 0) is 37.5 Å². The van der Waals surface area contributed by atoms with E-state index in [1.165, 1.54) is 25.7 Å². The number of ether oxygens (including phenoxy) is 1. The van der Waals surface area contributed by atoms with E-state index in [-0.39, 0.29) is 6.61 Å². The molecule has 2 bridgehead atoms. The van der Waals surface area contributed by atoms with Crippen LogP contribution in [0.1, 0.15) is 25.7 Å². The Morgan fingerprint density at radius 3 is 2.73 bits per heavy atom. The highest BCUT2D eigenvalue weighted by Crippen LogP contribution is 2.45. The van der Waals surface area contributed by atoms with Gasteiger partial charge < -0.3 is 9.84 Å². The predicted octanol–water partition coefficient (Wildman–Crippen LogP) is 1.18. The number of rotatable bonds is 3. The second-order valence-corrected chi connectivity index (χ2v) is 3.81. The smallest absolute Gasteiger partial charge is 0.0701 e. The number of aliphatic hydroxyl groups excluding tert-OH is 1. The number of hydrogen-bond donors (Lipinski definition) is 1. The summed E-state index contributed by atoms with van der Waals surface area (Å²) < 4.78 is 5.54. The van der Waals surface area contributed by atoms with Crippen LogP contribution in [-0.4, -0.2) is 24.4 Å². The molecule has 2 nitrogen and oxygen atoms in total. The van der Waals surface area contributed by atoms with E-state index in [1.807, 2.05) is 0 Å². The molecule has 64 valence electrons. The molecule has 2 rings (SSSR count). The van der Waals surface area contributed by atoms with Crippen LogP contribution in [-0.2, 0) is 4.74 Å². The van der Waals surface area contributed by atoms with Crippen molar-refractivity contribution in [3.8, 4) is 0 Å². The molecular weight excluding hydrogens is 140 g/mol. The third-order valence-electron chi connectivity index (χ3n) is 3.10. The highest BCUT2D eigenvalue weighted by molar-refractivity contribution is 4.90. The van der Waals surface area contributed by atoms with E-state index in [4.69, 9.17) is 9.84 Å². The molecule has 3 atom stereocenters. The average Bonchev–Trinajstić information content (AvgIpc) is 2.60. The Labute approximate surface area is 67.6 Å². The van der Waals surface area contributed by atoms with Gasteiger partial charge in [0.1, 0.15) is 0 Å². The summed E-state index contributed by atoms with van der Waals surface area (Å²) in [5.74, 6) is 1.77. The Morgan fingerprint density at radius 1 is 1.27 bits per heavy atom. The van der Waals surface area contributed by atoms with Gasteiger partial charge >= 0.3 is 0 Å². The maximum absolute atomic E-state index is 8.57. The second kappa shape index (κ2) is 3.11. The predicted molar refractivity (Wildman–Crippen MR) is 42.3 cm³/mol. The largest absolute Gasteiger partial charge is 0.394 e.